The summed E-state index contributed by atoms with van der Waals surface area (Å²) in [5.41, 5.74) is 1.81. The van der Waals surface area contributed by atoms with Crippen LogP contribution in [-0.4, -0.2) is 25.0 Å². The fraction of sp³-hybridized carbons (Fsp3) is 0.462. The van der Waals surface area contributed by atoms with Gasteiger partial charge in [-0.15, -0.1) is 12.4 Å². The molecule has 0 radical (unpaired) electrons. The van der Waals surface area contributed by atoms with Crippen molar-refractivity contribution in [3.63, 3.8) is 0 Å². The summed E-state index contributed by atoms with van der Waals surface area (Å²) in [6, 6.07) is 6.03. The van der Waals surface area contributed by atoms with E-state index >= 15 is 0 Å². The Balaban J connectivity index is 0.00000162. The van der Waals surface area contributed by atoms with Crippen molar-refractivity contribution in [2.75, 3.05) is 13.1 Å². The Morgan fingerprint density at radius 3 is 2.83 bits per heavy atom. The Hall–Kier alpha value is -0.580. The maximum absolute atomic E-state index is 12.1. The van der Waals surface area contributed by atoms with Crippen molar-refractivity contribution >= 4 is 34.2 Å². The molecule has 1 aromatic rings. The van der Waals surface area contributed by atoms with Gasteiger partial charge in [0.25, 0.3) is 5.91 Å². The van der Waals surface area contributed by atoms with Gasteiger partial charge in [-0.05, 0) is 50.1 Å². The van der Waals surface area contributed by atoms with Gasteiger partial charge in [-0.3, -0.25) is 4.79 Å². The maximum atomic E-state index is 12.1. The molecule has 1 aliphatic heterocycles. The highest BCUT2D eigenvalue weighted by atomic mass is 79.9. The highest BCUT2D eigenvalue weighted by Crippen LogP contribution is 2.15. The molecule has 2 N–H and O–H groups in total. The molecule has 1 amide bonds. The van der Waals surface area contributed by atoms with Crippen molar-refractivity contribution in [3.05, 3.63) is 33.8 Å². The fourth-order valence-corrected chi connectivity index (χ4v) is 2.72. The van der Waals surface area contributed by atoms with Crippen LogP contribution in [0.25, 0.3) is 0 Å². The summed E-state index contributed by atoms with van der Waals surface area (Å²) in [7, 11) is 0. The molecule has 3 nitrogen and oxygen atoms in total. The number of hydrogen-bond donors (Lipinski definition) is 2. The summed E-state index contributed by atoms with van der Waals surface area (Å²) >= 11 is 3.41. The van der Waals surface area contributed by atoms with Gasteiger partial charge < -0.3 is 10.6 Å². The number of nitrogens with one attached hydrogen (secondary N) is 2. The van der Waals surface area contributed by atoms with E-state index in [-0.39, 0.29) is 24.4 Å². The van der Waals surface area contributed by atoms with Crippen LogP contribution in [0.2, 0.25) is 0 Å². The first-order valence-electron chi connectivity index (χ1n) is 5.94. The van der Waals surface area contributed by atoms with Crippen LogP contribution in [-0.2, 0) is 0 Å². The monoisotopic (exact) mass is 332 g/mol. The predicted octanol–water partition coefficient (Wildman–Crippen LogP) is 2.66. The molecule has 0 saturated carbocycles. The smallest absolute Gasteiger partial charge is 0.251 e. The van der Waals surface area contributed by atoms with E-state index in [2.05, 4.69) is 26.6 Å². The average Bonchev–Trinajstić information content (AvgIpc) is 2.29. The van der Waals surface area contributed by atoms with Gasteiger partial charge in [0.2, 0.25) is 0 Å². The standard InChI is InChI=1S/C13H17BrN2O.ClH/c1-9-5-10(7-11(14)6-9)13(17)16-12-3-2-4-15-8-12;/h5-7,12,15H,2-4,8H2,1H3,(H,16,17);1H. The molecule has 0 bridgehead atoms. The number of carbonyl (C=O) groups is 1. The zero-order valence-electron chi connectivity index (χ0n) is 10.3. The van der Waals surface area contributed by atoms with Gasteiger partial charge in [0.1, 0.15) is 0 Å². The summed E-state index contributed by atoms with van der Waals surface area (Å²) in [6.07, 6.45) is 2.19. The van der Waals surface area contributed by atoms with Crippen molar-refractivity contribution in [1.82, 2.24) is 10.6 Å². The first-order valence-corrected chi connectivity index (χ1v) is 6.73. The molecule has 1 heterocycles. The molecule has 2 rings (SSSR count). The molecule has 18 heavy (non-hydrogen) atoms. The Labute approximate surface area is 122 Å². The summed E-state index contributed by atoms with van der Waals surface area (Å²) < 4.78 is 0.949. The van der Waals surface area contributed by atoms with E-state index in [1.54, 1.807) is 0 Å². The molecule has 0 spiro atoms. The number of hydrogen-bond acceptors (Lipinski definition) is 2. The van der Waals surface area contributed by atoms with E-state index in [9.17, 15) is 4.79 Å². The van der Waals surface area contributed by atoms with Gasteiger partial charge in [0.05, 0.1) is 0 Å². The lowest BCUT2D eigenvalue weighted by Crippen LogP contribution is -2.45. The third kappa shape index (κ3) is 4.26. The van der Waals surface area contributed by atoms with Crippen molar-refractivity contribution in [3.8, 4) is 0 Å². The number of carbonyl (C=O) groups excluding carboxylic acids is 1. The van der Waals surface area contributed by atoms with Crippen LogP contribution in [0.5, 0.6) is 0 Å². The van der Waals surface area contributed by atoms with Crippen molar-refractivity contribution < 1.29 is 4.79 Å². The van der Waals surface area contributed by atoms with Crippen LogP contribution < -0.4 is 10.6 Å². The number of benzene rings is 1. The van der Waals surface area contributed by atoms with Crippen molar-refractivity contribution in [1.29, 1.82) is 0 Å². The van der Waals surface area contributed by atoms with E-state index in [1.165, 1.54) is 0 Å². The molecule has 5 heteroatoms. The first-order chi connectivity index (χ1) is 8.15. The fourth-order valence-electron chi connectivity index (χ4n) is 2.11. The van der Waals surface area contributed by atoms with Crippen LogP contribution in [0.3, 0.4) is 0 Å². The van der Waals surface area contributed by atoms with Gasteiger partial charge in [-0.25, -0.2) is 0 Å². The lowest BCUT2D eigenvalue weighted by molar-refractivity contribution is 0.0930. The van der Waals surface area contributed by atoms with Gasteiger partial charge in [-0.1, -0.05) is 15.9 Å². The van der Waals surface area contributed by atoms with E-state index < -0.39 is 0 Å². The van der Waals surface area contributed by atoms with Crippen LogP contribution in [0.15, 0.2) is 22.7 Å². The summed E-state index contributed by atoms with van der Waals surface area (Å²) in [5, 5.41) is 6.36. The Kier molecular flexibility index (Phi) is 6.12. The number of piperidine rings is 1. The number of halogens is 2. The molecule has 0 aromatic heterocycles. The van der Waals surface area contributed by atoms with Crippen LogP contribution in [0, 0.1) is 6.92 Å². The SMILES string of the molecule is Cc1cc(Br)cc(C(=O)NC2CCCNC2)c1.Cl. The van der Waals surface area contributed by atoms with Gasteiger partial charge >= 0.3 is 0 Å². The lowest BCUT2D eigenvalue weighted by atomic mass is 10.1. The van der Waals surface area contributed by atoms with Crippen LogP contribution in [0.4, 0.5) is 0 Å². The second kappa shape index (κ2) is 7.12. The molecule has 0 aliphatic carbocycles. The highest BCUT2D eigenvalue weighted by molar-refractivity contribution is 9.10. The second-order valence-electron chi connectivity index (χ2n) is 4.53. The van der Waals surface area contributed by atoms with Gasteiger partial charge in [0, 0.05) is 22.6 Å². The van der Waals surface area contributed by atoms with E-state index in [1.807, 2.05) is 25.1 Å². The minimum absolute atomic E-state index is 0. The zero-order valence-corrected chi connectivity index (χ0v) is 12.7. The van der Waals surface area contributed by atoms with E-state index in [0.717, 1.165) is 41.5 Å². The molecule has 1 aliphatic rings. The molecule has 1 atom stereocenters. The Morgan fingerprint density at radius 2 is 2.22 bits per heavy atom. The Bertz CT molecular complexity index is 399. The van der Waals surface area contributed by atoms with Crippen LogP contribution in [0.1, 0.15) is 28.8 Å². The zero-order chi connectivity index (χ0) is 12.3. The van der Waals surface area contributed by atoms with Gasteiger partial charge in [0.15, 0.2) is 0 Å². The molecular formula is C13H18BrClN2O. The number of rotatable bonds is 2. The predicted molar refractivity (Wildman–Crippen MR) is 79.5 cm³/mol. The first kappa shape index (κ1) is 15.5. The molecule has 100 valence electrons. The number of aryl methyl sites for hydroxylation is 1. The normalized spacial score (nSPS) is 18.9. The van der Waals surface area contributed by atoms with E-state index in [0.29, 0.717) is 0 Å². The summed E-state index contributed by atoms with van der Waals surface area (Å²) in [5.74, 6) is 0.0168. The third-order valence-electron chi connectivity index (χ3n) is 2.94. The minimum Gasteiger partial charge on any atom is -0.348 e. The topological polar surface area (TPSA) is 41.1 Å². The Morgan fingerprint density at radius 1 is 1.44 bits per heavy atom. The second-order valence-corrected chi connectivity index (χ2v) is 5.45. The average molecular weight is 334 g/mol. The molecular weight excluding hydrogens is 316 g/mol. The van der Waals surface area contributed by atoms with Gasteiger partial charge in [-0.2, -0.15) is 0 Å². The van der Waals surface area contributed by atoms with Crippen molar-refractivity contribution in [2.24, 2.45) is 0 Å². The lowest BCUT2D eigenvalue weighted by Gasteiger charge is -2.23. The summed E-state index contributed by atoms with van der Waals surface area (Å²) in [4.78, 5) is 12.1. The summed E-state index contributed by atoms with van der Waals surface area (Å²) in [6.45, 7) is 3.92. The molecule has 1 unspecified atom stereocenters. The molecule has 1 fully saturated rings. The van der Waals surface area contributed by atoms with E-state index in [4.69, 9.17) is 0 Å². The highest BCUT2D eigenvalue weighted by Gasteiger charge is 2.16. The largest absolute Gasteiger partial charge is 0.348 e. The molecule has 1 aromatic carbocycles. The molecule has 1 saturated heterocycles. The number of amides is 1. The quantitative estimate of drug-likeness (QED) is 0.873. The van der Waals surface area contributed by atoms with Crippen molar-refractivity contribution in [2.45, 2.75) is 25.8 Å². The minimum atomic E-state index is 0. The van der Waals surface area contributed by atoms with Crippen LogP contribution >= 0.6 is 28.3 Å². The third-order valence-corrected chi connectivity index (χ3v) is 3.39. The maximum Gasteiger partial charge on any atom is 0.251 e.